The molecule has 0 spiro atoms. The van der Waals surface area contributed by atoms with E-state index in [-0.39, 0.29) is 11.4 Å². The minimum atomic E-state index is -0.623. The van der Waals surface area contributed by atoms with E-state index < -0.39 is 10.7 Å². The molecular weight excluding hydrogens is 267 g/mol. The van der Waals surface area contributed by atoms with Crippen LogP contribution in [-0.2, 0) is 6.42 Å². The molecule has 8 heteroatoms. The number of hydrogen-bond donors (Lipinski definition) is 1. The maximum absolute atomic E-state index is 13.3. The molecule has 7 nitrogen and oxygen atoms in total. The molecule has 0 bridgehead atoms. The van der Waals surface area contributed by atoms with Crippen LogP contribution in [0.2, 0.25) is 0 Å². The number of benzene rings is 1. The van der Waals surface area contributed by atoms with Gasteiger partial charge < -0.3 is 9.84 Å². The second-order valence-electron chi connectivity index (χ2n) is 4.29. The molecule has 2 aromatic rings. The van der Waals surface area contributed by atoms with Crippen molar-refractivity contribution in [2.45, 2.75) is 20.3 Å². The van der Waals surface area contributed by atoms with Crippen molar-refractivity contribution in [3.8, 4) is 0 Å². The van der Waals surface area contributed by atoms with Crippen molar-refractivity contribution in [1.82, 2.24) is 10.1 Å². The molecule has 0 amide bonds. The van der Waals surface area contributed by atoms with E-state index in [9.17, 15) is 14.5 Å². The van der Waals surface area contributed by atoms with Crippen LogP contribution in [0.1, 0.15) is 17.3 Å². The van der Waals surface area contributed by atoms with E-state index in [1.54, 1.807) is 13.8 Å². The first-order valence-electron chi connectivity index (χ1n) is 5.95. The van der Waals surface area contributed by atoms with Gasteiger partial charge in [0.05, 0.1) is 11.0 Å². The van der Waals surface area contributed by atoms with Crippen LogP contribution < -0.4 is 5.32 Å². The van der Waals surface area contributed by atoms with Crippen LogP contribution in [0.25, 0.3) is 0 Å². The minimum absolute atomic E-state index is 0.269. The van der Waals surface area contributed by atoms with E-state index in [1.807, 2.05) is 0 Å². The summed E-state index contributed by atoms with van der Waals surface area (Å²) in [7, 11) is 0. The number of nitrogens with one attached hydrogen (secondary N) is 1. The van der Waals surface area contributed by atoms with Gasteiger partial charge in [-0.3, -0.25) is 10.1 Å². The largest absolute Gasteiger partial charge is 0.379 e. The first kappa shape index (κ1) is 13.9. The lowest BCUT2D eigenvalue weighted by molar-refractivity contribution is -0.384. The Kier molecular flexibility index (Phi) is 3.92. The number of aromatic nitrogens is 2. The fourth-order valence-electron chi connectivity index (χ4n) is 1.71. The number of nitro groups is 1. The quantitative estimate of drug-likeness (QED) is 0.667. The van der Waals surface area contributed by atoms with Crippen molar-refractivity contribution in [3.63, 3.8) is 0 Å². The van der Waals surface area contributed by atoms with E-state index in [1.165, 1.54) is 6.07 Å². The highest BCUT2D eigenvalue weighted by Gasteiger charge is 2.16. The van der Waals surface area contributed by atoms with E-state index in [2.05, 4.69) is 15.5 Å². The highest BCUT2D eigenvalue weighted by molar-refractivity contribution is 5.63. The summed E-state index contributed by atoms with van der Waals surface area (Å²) in [6.45, 7) is 3.62. The molecule has 0 aliphatic rings. The number of nitrogens with zero attached hydrogens (tertiary/aromatic N) is 3. The predicted molar refractivity (Wildman–Crippen MR) is 69.0 cm³/mol. The molecule has 20 heavy (non-hydrogen) atoms. The summed E-state index contributed by atoms with van der Waals surface area (Å²) in [6.07, 6.45) is 0.425. The van der Waals surface area contributed by atoms with Gasteiger partial charge in [-0.1, -0.05) is 5.16 Å². The molecule has 1 heterocycles. The van der Waals surface area contributed by atoms with Crippen LogP contribution in [0.5, 0.6) is 0 Å². The van der Waals surface area contributed by atoms with Gasteiger partial charge in [0.15, 0.2) is 5.82 Å². The van der Waals surface area contributed by atoms with Gasteiger partial charge in [0.2, 0.25) is 5.89 Å². The molecule has 0 atom stereocenters. The van der Waals surface area contributed by atoms with Crippen molar-refractivity contribution < 1.29 is 13.8 Å². The van der Waals surface area contributed by atoms with Crippen LogP contribution in [0, 0.1) is 29.8 Å². The lowest BCUT2D eigenvalue weighted by Gasteiger charge is -2.07. The fraction of sp³-hybridized carbons (Fsp3) is 0.333. The van der Waals surface area contributed by atoms with Crippen LogP contribution in [0.15, 0.2) is 16.7 Å². The molecule has 0 aliphatic heterocycles. The normalized spacial score (nSPS) is 10.6. The predicted octanol–water partition coefficient (Wildman–Crippen LogP) is 2.39. The Labute approximate surface area is 114 Å². The SMILES string of the molecule is Cc1noc(CCNc2cc(C)c(F)cc2[N+](=O)[O-])n1. The maximum Gasteiger partial charge on any atom is 0.295 e. The smallest absolute Gasteiger partial charge is 0.295 e. The fourth-order valence-corrected chi connectivity index (χ4v) is 1.71. The molecular formula is C12H13FN4O3. The maximum atomic E-state index is 13.3. The number of rotatable bonds is 5. The van der Waals surface area contributed by atoms with Gasteiger partial charge in [-0.05, 0) is 25.5 Å². The number of nitro benzene ring substituents is 1. The molecule has 1 aromatic carbocycles. The first-order chi connectivity index (χ1) is 9.47. The van der Waals surface area contributed by atoms with Gasteiger partial charge in [-0.2, -0.15) is 4.98 Å². The topological polar surface area (TPSA) is 94.1 Å². The molecule has 2 rings (SSSR count). The second kappa shape index (κ2) is 5.64. The average molecular weight is 280 g/mol. The highest BCUT2D eigenvalue weighted by Crippen LogP contribution is 2.27. The summed E-state index contributed by atoms with van der Waals surface area (Å²) in [5.74, 6) is 0.370. The molecule has 0 saturated carbocycles. The average Bonchev–Trinajstić information content (AvgIpc) is 2.79. The second-order valence-corrected chi connectivity index (χ2v) is 4.29. The van der Waals surface area contributed by atoms with E-state index in [0.29, 0.717) is 30.2 Å². The molecule has 106 valence electrons. The molecule has 1 aromatic heterocycles. The summed E-state index contributed by atoms with van der Waals surface area (Å²) in [5, 5.41) is 17.4. The Morgan fingerprint density at radius 1 is 1.45 bits per heavy atom. The van der Waals surface area contributed by atoms with Gasteiger partial charge in [0, 0.05) is 13.0 Å². The van der Waals surface area contributed by atoms with Crippen LogP contribution in [0.3, 0.4) is 0 Å². The third-order valence-corrected chi connectivity index (χ3v) is 2.70. The number of anilines is 1. The van der Waals surface area contributed by atoms with Crippen molar-refractivity contribution in [2.24, 2.45) is 0 Å². The van der Waals surface area contributed by atoms with Crippen LogP contribution >= 0.6 is 0 Å². The zero-order valence-corrected chi connectivity index (χ0v) is 11.0. The van der Waals surface area contributed by atoms with Crippen LogP contribution in [-0.4, -0.2) is 21.6 Å². The molecule has 0 unspecified atom stereocenters. The van der Waals surface area contributed by atoms with E-state index in [0.717, 1.165) is 6.07 Å². The summed E-state index contributed by atoms with van der Waals surface area (Å²) in [6, 6.07) is 2.32. The van der Waals surface area contributed by atoms with E-state index in [4.69, 9.17) is 4.52 Å². The van der Waals surface area contributed by atoms with Gasteiger partial charge in [0.25, 0.3) is 5.69 Å². The lowest BCUT2D eigenvalue weighted by atomic mass is 10.1. The highest BCUT2D eigenvalue weighted by atomic mass is 19.1. The summed E-state index contributed by atoms with van der Waals surface area (Å²) in [4.78, 5) is 14.3. The summed E-state index contributed by atoms with van der Waals surface area (Å²) in [5.41, 5.74) is 0.312. The Morgan fingerprint density at radius 2 is 2.20 bits per heavy atom. The van der Waals surface area contributed by atoms with Crippen molar-refractivity contribution in [2.75, 3.05) is 11.9 Å². The Bertz CT molecular complexity index is 642. The van der Waals surface area contributed by atoms with Gasteiger partial charge in [-0.15, -0.1) is 0 Å². The minimum Gasteiger partial charge on any atom is -0.379 e. The Hall–Kier alpha value is -2.51. The molecule has 1 N–H and O–H groups in total. The van der Waals surface area contributed by atoms with Gasteiger partial charge in [-0.25, -0.2) is 4.39 Å². The molecule has 0 saturated heterocycles. The molecule has 0 aliphatic carbocycles. The van der Waals surface area contributed by atoms with Gasteiger partial charge >= 0.3 is 0 Å². The third kappa shape index (κ3) is 3.08. The molecule has 0 fully saturated rings. The number of aryl methyl sites for hydroxylation is 2. The zero-order chi connectivity index (χ0) is 14.7. The van der Waals surface area contributed by atoms with Crippen LogP contribution in [0.4, 0.5) is 15.8 Å². The monoisotopic (exact) mass is 280 g/mol. The standard InChI is InChI=1S/C12H13FN4O3/c1-7-5-10(11(17(18)19)6-9(7)13)14-4-3-12-15-8(2)16-20-12/h5-6,14H,3-4H2,1-2H3. The summed E-state index contributed by atoms with van der Waals surface area (Å²) < 4.78 is 18.3. The number of hydrogen-bond acceptors (Lipinski definition) is 6. The van der Waals surface area contributed by atoms with Crippen molar-refractivity contribution >= 4 is 11.4 Å². The third-order valence-electron chi connectivity index (χ3n) is 2.70. The van der Waals surface area contributed by atoms with E-state index >= 15 is 0 Å². The lowest BCUT2D eigenvalue weighted by Crippen LogP contribution is -2.08. The number of halogens is 1. The van der Waals surface area contributed by atoms with Gasteiger partial charge in [0.1, 0.15) is 11.5 Å². The van der Waals surface area contributed by atoms with Crippen molar-refractivity contribution in [1.29, 1.82) is 0 Å². The Balaban J connectivity index is 2.08. The first-order valence-corrected chi connectivity index (χ1v) is 5.95. The zero-order valence-electron chi connectivity index (χ0n) is 11.0. The Morgan fingerprint density at radius 3 is 2.80 bits per heavy atom. The molecule has 0 radical (unpaired) electrons. The summed E-state index contributed by atoms with van der Waals surface area (Å²) >= 11 is 0. The van der Waals surface area contributed by atoms with Crippen molar-refractivity contribution in [3.05, 3.63) is 45.3 Å².